The zero-order chi connectivity index (χ0) is 31.7. The van der Waals surface area contributed by atoms with Crippen LogP contribution in [0, 0.1) is 12.7 Å². The fourth-order valence-corrected chi connectivity index (χ4v) is 6.24. The van der Waals surface area contributed by atoms with Crippen molar-refractivity contribution in [2.45, 2.75) is 37.8 Å². The lowest BCUT2D eigenvalue weighted by Crippen LogP contribution is -2.53. The number of nitrogens with one attached hydrogen (secondary N) is 1. The molecule has 2 amide bonds. The Bertz CT molecular complexity index is 1660. The Morgan fingerprint density at radius 2 is 1.52 bits per heavy atom. The number of sulfonamides is 1. The Morgan fingerprint density at radius 1 is 0.886 bits per heavy atom. The van der Waals surface area contributed by atoms with Crippen molar-refractivity contribution in [3.05, 3.63) is 126 Å². The van der Waals surface area contributed by atoms with Crippen molar-refractivity contribution in [1.29, 1.82) is 0 Å². The summed E-state index contributed by atoms with van der Waals surface area (Å²) in [5.74, 6) is -1.05. The van der Waals surface area contributed by atoms with Gasteiger partial charge in [0.15, 0.2) is 0 Å². The first-order valence-corrected chi connectivity index (χ1v) is 15.7. The second-order valence-corrected chi connectivity index (χ2v) is 12.0. The fraction of sp³-hybridized carbons (Fsp3) is 0.235. The minimum Gasteiger partial charge on any atom is -0.494 e. The van der Waals surface area contributed by atoms with Crippen LogP contribution in [0.5, 0.6) is 5.75 Å². The maximum Gasteiger partial charge on any atom is 0.264 e. The Kier molecular flexibility index (Phi) is 10.7. The van der Waals surface area contributed by atoms with Crippen LogP contribution in [0.1, 0.15) is 23.6 Å². The maximum absolute atomic E-state index is 14.3. The molecule has 230 valence electrons. The van der Waals surface area contributed by atoms with E-state index in [1.807, 2.05) is 68.4 Å². The van der Waals surface area contributed by atoms with Gasteiger partial charge in [0, 0.05) is 20.0 Å². The first-order chi connectivity index (χ1) is 21.1. The van der Waals surface area contributed by atoms with Crippen LogP contribution < -0.4 is 14.4 Å². The molecule has 44 heavy (non-hydrogen) atoms. The number of ether oxygens (including phenoxy) is 1. The second-order valence-electron chi connectivity index (χ2n) is 10.2. The van der Waals surface area contributed by atoms with Crippen molar-refractivity contribution >= 4 is 27.5 Å². The first kappa shape index (κ1) is 32.2. The first-order valence-electron chi connectivity index (χ1n) is 14.2. The number of carbonyl (C=O) groups is 2. The van der Waals surface area contributed by atoms with Gasteiger partial charge in [0.05, 0.1) is 17.2 Å². The molecule has 1 atom stereocenters. The summed E-state index contributed by atoms with van der Waals surface area (Å²) in [6, 6.07) is 26.6. The minimum absolute atomic E-state index is 0.0663. The molecule has 4 aromatic rings. The van der Waals surface area contributed by atoms with Crippen LogP contribution >= 0.6 is 0 Å². The van der Waals surface area contributed by atoms with Crippen LogP contribution in [-0.4, -0.2) is 51.4 Å². The lowest BCUT2D eigenvalue weighted by molar-refractivity contribution is -0.139. The van der Waals surface area contributed by atoms with Gasteiger partial charge in [0.2, 0.25) is 11.8 Å². The molecule has 0 aliphatic rings. The van der Waals surface area contributed by atoms with Crippen LogP contribution in [0.3, 0.4) is 0 Å². The van der Waals surface area contributed by atoms with Crippen molar-refractivity contribution in [3.8, 4) is 5.75 Å². The Balaban J connectivity index is 1.78. The third kappa shape index (κ3) is 7.82. The van der Waals surface area contributed by atoms with E-state index in [-0.39, 0.29) is 23.5 Å². The van der Waals surface area contributed by atoms with Gasteiger partial charge in [-0.2, -0.15) is 0 Å². The lowest BCUT2D eigenvalue weighted by Gasteiger charge is -2.34. The van der Waals surface area contributed by atoms with E-state index in [4.69, 9.17) is 4.74 Å². The number of benzene rings is 4. The van der Waals surface area contributed by atoms with E-state index < -0.39 is 40.2 Å². The third-order valence-electron chi connectivity index (χ3n) is 7.24. The molecule has 0 unspecified atom stereocenters. The predicted molar refractivity (Wildman–Crippen MR) is 168 cm³/mol. The van der Waals surface area contributed by atoms with Crippen LogP contribution in [0.15, 0.2) is 108 Å². The molecule has 0 aliphatic heterocycles. The average Bonchev–Trinajstić information content (AvgIpc) is 3.03. The van der Waals surface area contributed by atoms with Crippen molar-refractivity contribution < 1.29 is 27.1 Å². The normalized spacial score (nSPS) is 11.8. The molecule has 10 heteroatoms. The Hall–Kier alpha value is -4.70. The minimum atomic E-state index is -4.31. The van der Waals surface area contributed by atoms with Crippen molar-refractivity contribution in [2.24, 2.45) is 0 Å². The zero-order valence-electron chi connectivity index (χ0n) is 24.9. The van der Waals surface area contributed by atoms with Gasteiger partial charge < -0.3 is 15.0 Å². The highest BCUT2D eigenvalue weighted by Gasteiger charge is 2.34. The van der Waals surface area contributed by atoms with E-state index in [0.717, 1.165) is 33.1 Å². The molecule has 1 N–H and O–H groups in total. The summed E-state index contributed by atoms with van der Waals surface area (Å²) in [7, 11) is -2.81. The number of aryl methyl sites for hydroxylation is 1. The number of halogens is 1. The summed E-state index contributed by atoms with van der Waals surface area (Å²) in [6.45, 7) is 3.57. The molecule has 4 aromatic carbocycles. The third-order valence-corrected chi connectivity index (χ3v) is 9.02. The van der Waals surface area contributed by atoms with Gasteiger partial charge in [-0.15, -0.1) is 0 Å². The summed E-state index contributed by atoms with van der Waals surface area (Å²) in [5.41, 5.74) is 2.66. The monoisotopic (exact) mass is 617 g/mol. The maximum atomic E-state index is 14.3. The number of likely N-dealkylation sites (N-methyl/N-ethyl adjacent to an activating group) is 1. The van der Waals surface area contributed by atoms with E-state index >= 15 is 0 Å². The molecule has 0 heterocycles. The van der Waals surface area contributed by atoms with E-state index in [1.165, 1.54) is 48.3 Å². The lowest BCUT2D eigenvalue weighted by atomic mass is 10.0. The SMILES string of the molecule is CCOc1ccc(S(=O)(=O)N(CC(=O)N(Cc2ccccc2C)[C@@H](Cc2ccccc2)C(=O)NC)c2ccc(F)cc2)cc1. The van der Waals surface area contributed by atoms with Crippen LogP contribution in [0.25, 0.3) is 0 Å². The van der Waals surface area contributed by atoms with Gasteiger partial charge in [-0.3, -0.25) is 13.9 Å². The van der Waals surface area contributed by atoms with Crippen LogP contribution in [0.4, 0.5) is 10.1 Å². The van der Waals surface area contributed by atoms with E-state index in [2.05, 4.69) is 5.32 Å². The smallest absolute Gasteiger partial charge is 0.264 e. The zero-order valence-corrected chi connectivity index (χ0v) is 25.8. The summed E-state index contributed by atoms with van der Waals surface area (Å²) in [5, 5.41) is 2.67. The van der Waals surface area contributed by atoms with Crippen molar-refractivity contribution in [2.75, 3.05) is 24.5 Å². The van der Waals surface area contributed by atoms with E-state index in [0.29, 0.717) is 12.4 Å². The van der Waals surface area contributed by atoms with E-state index in [9.17, 15) is 22.4 Å². The van der Waals surface area contributed by atoms with Crippen LogP contribution in [-0.2, 0) is 32.6 Å². The second kappa shape index (κ2) is 14.7. The highest BCUT2D eigenvalue weighted by atomic mass is 32.2. The molecule has 0 fully saturated rings. The molecule has 0 spiro atoms. The quantitative estimate of drug-likeness (QED) is 0.225. The van der Waals surface area contributed by atoms with Gasteiger partial charge in [0.25, 0.3) is 10.0 Å². The number of anilines is 1. The van der Waals surface area contributed by atoms with E-state index in [1.54, 1.807) is 0 Å². The Morgan fingerprint density at radius 3 is 2.14 bits per heavy atom. The molecule has 0 aromatic heterocycles. The highest BCUT2D eigenvalue weighted by molar-refractivity contribution is 7.92. The summed E-state index contributed by atoms with van der Waals surface area (Å²) in [4.78, 5) is 29.0. The number of hydrogen-bond donors (Lipinski definition) is 1. The molecule has 0 radical (unpaired) electrons. The molecule has 0 bridgehead atoms. The number of amides is 2. The summed E-state index contributed by atoms with van der Waals surface area (Å²) in [6.07, 6.45) is 0.209. The predicted octanol–water partition coefficient (Wildman–Crippen LogP) is 5.11. The number of rotatable bonds is 13. The molecular weight excluding hydrogens is 581 g/mol. The molecule has 0 aliphatic carbocycles. The fourth-order valence-electron chi connectivity index (χ4n) is 4.83. The standard InChI is InChI=1S/C34H36FN3O5S/c1-4-43-30-18-20-31(21-19-30)44(41,42)38(29-16-14-28(35)15-17-29)24-33(39)37(23-27-13-9-8-10-25(27)2)32(34(40)36-3)22-26-11-6-5-7-12-26/h5-21,32H,4,22-24H2,1-3H3,(H,36,40)/t32-/m0/s1. The average molecular weight is 618 g/mol. The molecule has 8 nitrogen and oxygen atoms in total. The molecule has 0 saturated heterocycles. The topological polar surface area (TPSA) is 96.0 Å². The number of nitrogens with zero attached hydrogens (tertiary/aromatic N) is 2. The molecular formula is C34H36FN3O5S. The van der Waals surface area contributed by atoms with Gasteiger partial charge in [-0.25, -0.2) is 12.8 Å². The summed E-state index contributed by atoms with van der Waals surface area (Å²) >= 11 is 0. The van der Waals surface area contributed by atoms with Crippen LogP contribution in [0.2, 0.25) is 0 Å². The molecule has 4 rings (SSSR count). The number of hydrogen-bond acceptors (Lipinski definition) is 5. The number of carbonyl (C=O) groups excluding carboxylic acids is 2. The van der Waals surface area contributed by atoms with Gasteiger partial charge in [-0.1, -0.05) is 54.6 Å². The Labute approximate surface area is 258 Å². The van der Waals surface area contributed by atoms with Gasteiger partial charge in [0.1, 0.15) is 24.2 Å². The van der Waals surface area contributed by atoms with Crippen molar-refractivity contribution in [1.82, 2.24) is 10.2 Å². The van der Waals surface area contributed by atoms with Gasteiger partial charge >= 0.3 is 0 Å². The molecule has 0 saturated carbocycles. The van der Waals surface area contributed by atoms with Crippen molar-refractivity contribution in [3.63, 3.8) is 0 Å². The van der Waals surface area contributed by atoms with Gasteiger partial charge in [-0.05, 0) is 79.1 Å². The largest absolute Gasteiger partial charge is 0.494 e. The summed E-state index contributed by atoms with van der Waals surface area (Å²) < 4.78 is 48.4. The highest BCUT2D eigenvalue weighted by Crippen LogP contribution is 2.27.